The molecule has 8 atom stereocenters. The van der Waals surface area contributed by atoms with Gasteiger partial charge in [0, 0.05) is 202 Å². The third kappa shape index (κ3) is 38.2. The lowest BCUT2D eigenvalue weighted by Gasteiger charge is -2.27. The van der Waals surface area contributed by atoms with Crippen LogP contribution in [0.5, 0.6) is 0 Å². The molecule has 2 aliphatic rings. The van der Waals surface area contributed by atoms with E-state index in [9.17, 15) is 88.3 Å². The molecule has 8 heterocycles. The van der Waals surface area contributed by atoms with Crippen LogP contribution in [-0.4, -0.2) is 327 Å². The van der Waals surface area contributed by atoms with Crippen molar-refractivity contribution in [1.82, 2.24) is 124 Å². The quantitative estimate of drug-likeness (QED) is 0.00659. The van der Waals surface area contributed by atoms with Crippen LogP contribution in [0.2, 0.25) is 0 Å². The highest BCUT2D eigenvalue weighted by Crippen LogP contribution is 2.48. The van der Waals surface area contributed by atoms with Crippen LogP contribution in [0, 0.1) is 5.92 Å². The molecule has 8 aromatic rings. The first-order valence-corrected chi connectivity index (χ1v) is 52.0. The summed E-state index contributed by atoms with van der Waals surface area (Å²) >= 11 is 3.99. The van der Waals surface area contributed by atoms with Crippen molar-refractivity contribution in [3.05, 3.63) is 193 Å². The van der Waals surface area contributed by atoms with Gasteiger partial charge in [0.05, 0.1) is 112 Å². The number of aromatic amines is 6. The first kappa shape index (κ1) is 119. The number of amides is 13. The molecule has 13 amide bonds. The van der Waals surface area contributed by atoms with E-state index in [1.54, 1.807) is 25.3 Å². The maximum atomic E-state index is 14.3. The van der Waals surface area contributed by atoms with E-state index in [0.29, 0.717) is 85.6 Å². The van der Waals surface area contributed by atoms with Gasteiger partial charge in [-0.3, -0.25) is 66.9 Å². The van der Waals surface area contributed by atoms with Crippen LogP contribution in [-0.2, 0) is 151 Å². The lowest BCUT2D eigenvalue weighted by atomic mass is 9.81. The number of hydrogen-bond donors (Lipinski definition) is 22. The first-order chi connectivity index (χ1) is 71.7. The number of H-pyrrole nitrogens is 6. The maximum Gasteiger partial charge on any atom is 0.294 e. The van der Waals surface area contributed by atoms with Crippen LogP contribution < -0.4 is 80.2 Å². The van der Waals surface area contributed by atoms with Crippen LogP contribution in [0.3, 0.4) is 0 Å². The Morgan fingerprint density at radius 1 is 0.487 bits per heavy atom. The molecule has 23 N–H and O–H groups in total. The fourth-order valence-corrected chi connectivity index (χ4v) is 17.3. The SMILES string of the molecule is CCN1C(=CC=CC=CC2=[N+](CCCCCC(=O)NCCCC[C@H](NC(=O)CNC(=O)[C@@H](N)CS)C(=O)NCC(=O)NCCOCCOCC(=O)NCCOCCOCC(=O)NC)c3ccc(S(=O)(=O)O)cc3C2(C)C)C(C)(C)c2cc(S(=O)(=O)[O-])ccc21.C[C@@H](Cc1cnc[nH]1)C(=O)N[C@@H](Cc1cnc[nH]1)C(=O)N[C@@H](Cc1cnc[nH]1)C(=O)N[C@@H](Cc1cnc[nH]1)C(=O)N[C@@H](Cc1cnc[nH]1)C(=O)N[C@@H](Cc1cnc[nH]1)C(N)=O. The highest BCUT2D eigenvalue weighted by Gasteiger charge is 2.46. The van der Waals surface area contributed by atoms with Crippen LogP contribution in [0.4, 0.5) is 11.4 Å². The second-order valence-corrected chi connectivity index (χ2v) is 39.3. The molecule has 0 saturated carbocycles. The van der Waals surface area contributed by atoms with Crippen molar-refractivity contribution >= 4 is 127 Å². The molecule has 0 saturated heterocycles. The molecule has 0 fully saturated rings. The number of thiol groups is 1. The molecule has 2 aromatic carbocycles. The molecule has 0 bridgehead atoms. The van der Waals surface area contributed by atoms with E-state index in [2.05, 4.69) is 146 Å². The number of primary amides is 1. The summed E-state index contributed by atoms with van der Waals surface area (Å²) < 4.78 is 93.3. The zero-order chi connectivity index (χ0) is 109. The number of rotatable bonds is 64. The summed E-state index contributed by atoms with van der Waals surface area (Å²) in [6.45, 7) is 13.3. The normalized spacial score (nSPS) is 14.9. The molecule has 814 valence electrons. The number of nitrogens with two attached hydrogens (primary N) is 2. The molecule has 51 nitrogen and oxygen atoms in total. The van der Waals surface area contributed by atoms with Gasteiger partial charge in [-0.1, -0.05) is 39.0 Å². The fourth-order valence-electron chi connectivity index (χ4n) is 16.1. The predicted molar refractivity (Wildman–Crippen MR) is 546 cm³/mol. The Bertz CT molecular complexity index is 6140. The maximum absolute atomic E-state index is 14.3. The number of allylic oxidation sites excluding steroid dienone is 6. The van der Waals surface area contributed by atoms with E-state index in [1.165, 1.54) is 100 Å². The Balaban J connectivity index is 0.000000355. The summed E-state index contributed by atoms with van der Waals surface area (Å²) in [7, 11) is -7.64. The van der Waals surface area contributed by atoms with E-state index < -0.39 is 151 Å². The van der Waals surface area contributed by atoms with E-state index >= 15 is 0 Å². The van der Waals surface area contributed by atoms with Crippen molar-refractivity contribution in [2.45, 2.75) is 188 Å². The fraction of sp³-hybridized carbons (Fsp3) is 0.479. The topological polar surface area (TPSA) is 745 Å². The molecule has 0 aliphatic carbocycles. The van der Waals surface area contributed by atoms with Gasteiger partial charge in [-0.2, -0.15) is 25.6 Å². The monoisotopic (exact) mass is 2140 g/mol. The number of nitrogens with zero attached hydrogens (tertiary/aromatic N) is 8. The minimum atomic E-state index is -4.65. The second kappa shape index (κ2) is 59.6. The van der Waals surface area contributed by atoms with Crippen LogP contribution >= 0.6 is 12.6 Å². The minimum absolute atomic E-state index is 0.00435. The van der Waals surface area contributed by atoms with Gasteiger partial charge in [0.25, 0.3) is 10.1 Å². The number of nitrogens with one attached hydrogen (secondary N) is 18. The molecule has 54 heteroatoms. The third-order valence-electron chi connectivity index (χ3n) is 24.2. The van der Waals surface area contributed by atoms with E-state index in [4.69, 9.17) is 30.4 Å². The predicted octanol–water partition coefficient (Wildman–Crippen LogP) is -1.78. The number of anilines is 1. The molecule has 0 radical (unpaired) electrons. The number of unbranched alkanes of at least 4 members (excludes halogenated alkanes) is 3. The summed E-state index contributed by atoms with van der Waals surface area (Å²) in [4.78, 5) is 212. The summed E-state index contributed by atoms with van der Waals surface area (Å²) in [5.74, 6) is -7.98. The number of hydrogen-bond acceptors (Lipinski definition) is 31. The average molecular weight is 2140 g/mol. The lowest BCUT2D eigenvalue weighted by Crippen LogP contribution is -2.60. The van der Waals surface area contributed by atoms with Gasteiger partial charge >= 0.3 is 0 Å². The number of carbonyl (C=O) groups excluding carboxylic acids is 13. The van der Waals surface area contributed by atoms with Crippen molar-refractivity contribution < 1.29 is 112 Å². The van der Waals surface area contributed by atoms with Crippen molar-refractivity contribution in [3.63, 3.8) is 0 Å². The molecule has 0 unspecified atom stereocenters. The smallest absolute Gasteiger partial charge is 0.294 e. The van der Waals surface area contributed by atoms with E-state index in [0.717, 1.165) is 34.0 Å². The molecule has 6 aromatic heterocycles. The van der Waals surface area contributed by atoms with Crippen molar-refractivity contribution in [2.75, 3.05) is 116 Å². The van der Waals surface area contributed by atoms with Gasteiger partial charge in [-0.05, 0) is 94.8 Å². The summed E-state index contributed by atoms with van der Waals surface area (Å²) in [6.07, 6.45) is 30.2. The lowest BCUT2D eigenvalue weighted by molar-refractivity contribution is -0.438. The molecule has 10 rings (SSSR count). The average Bonchev–Trinajstić information content (AvgIpc) is 1.59. The molecular weight excluding hydrogens is 2010 g/mol. The van der Waals surface area contributed by atoms with Gasteiger partial charge < -0.3 is 134 Å². The molecule has 2 aliphatic heterocycles. The number of benzene rings is 2. The van der Waals surface area contributed by atoms with Crippen LogP contribution in [0.15, 0.2) is 157 Å². The van der Waals surface area contributed by atoms with Crippen LogP contribution in [0.25, 0.3) is 0 Å². The Kier molecular flexibility index (Phi) is 47.3. The van der Waals surface area contributed by atoms with Crippen molar-refractivity contribution in [1.29, 1.82) is 0 Å². The summed E-state index contributed by atoms with van der Waals surface area (Å²) in [5.41, 5.74) is 18.1. The van der Waals surface area contributed by atoms with Crippen LogP contribution in [0.1, 0.15) is 132 Å². The van der Waals surface area contributed by atoms with E-state index in [-0.39, 0.29) is 151 Å². The summed E-state index contributed by atoms with van der Waals surface area (Å²) in [5, 5.41) is 31.7. The highest BCUT2D eigenvalue weighted by atomic mass is 32.2. The first-order valence-electron chi connectivity index (χ1n) is 48.6. The van der Waals surface area contributed by atoms with Crippen molar-refractivity contribution in [2.24, 2.45) is 17.4 Å². The number of imidazole rings is 6. The molecule has 0 spiro atoms. The van der Waals surface area contributed by atoms with Gasteiger partial charge in [-0.15, -0.1) is 0 Å². The number of carbonyl (C=O) groups is 13. The van der Waals surface area contributed by atoms with Crippen molar-refractivity contribution in [3.8, 4) is 0 Å². The van der Waals surface area contributed by atoms with E-state index in [1.807, 2.05) is 65.0 Å². The molecule has 150 heavy (non-hydrogen) atoms. The van der Waals surface area contributed by atoms with Gasteiger partial charge in [-0.25, -0.2) is 38.3 Å². The Morgan fingerprint density at radius 2 is 0.940 bits per heavy atom. The number of aromatic nitrogens is 12. The zero-order valence-corrected chi connectivity index (χ0v) is 86.9. The third-order valence-corrected chi connectivity index (χ3v) is 26.2. The standard InChI is InChI=1S/C59H88N10O17S3.C37H46N18O6/c1-7-68-47-22-20-41(88(77,78)79)34-43(47)58(2,3)49(68)17-10-8-11-18-50-59(4,5)44-35-42(89(80,81)82)21-23-48(44)69(50)27-15-9-12-19-51(70)62-24-14-13-16-46(67-53(72)37-65-56(75)45(60)40-87)57(76)66-36-52(71)63-25-28-83-31-33-86-39-55(74)64-26-29-84-30-32-85-38-54(73)61-6;1-20(2-21-8-39-14-45-21)33(57)52-28(4-23-10-41-16-47-23)35(59)54-30(6-25-12-43-18-49-25)37(61)55-31(7-26-13-44-19-50-26)36(60)53-29(5-24-11-42-17-48-24)34(58)51-27(32(38)56)3-22-9-40-15-46-22/h8,10-11,17-18,20-23,34-35,45-46H,7,9,12-16,19,24-33,36-40,60H2,1-6H3,(H9-,61,62,63,64,65,66,67,70,71,72,73,74,75,76,77,78,79,80,81,82,87);8-20,27-31H,2-7H2,1H3,(H2,38,56)(H,39,45)(H,40,46)(H,41,47)(H,42,48)(H,43,49)(H,44,50)(H,51,58)(H,52,57)(H,53,60)(H,54,59)(H,55,61)/t45-,46-;20-,27-,28-,29-,30-,31-/m00/s1. The number of fused-ring (bicyclic) bond motifs is 2. The Hall–Kier alpha value is -14.5. The number of likely N-dealkylation sites (N-methyl/N-ethyl adjacent to an activating group) is 2. The Labute approximate surface area is 872 Å². The van der Waals surface area contributed by atoms with Gasteiger partial charge in [0.2, 0.25) is 82.5 Å². The highest BCUT2D eigenvalue weighted by molar-refractivity contribution is 7.86. The van der Waals surface area contributed by atoms with Gasteiger partial charge in [0.15, 0.2) is 5.71 Å². The van der Waals surface area contributed by atoms with Gasteiger partial charge in [0.1, 0.15) is 66.1 Å². The zero-order valence-electron chi connectivity index (χ0n) is 84.3. The molecular formula is C96H134N28O23S3. The second-order valence-electron chi connectivity index (χ2n) is 36.1. The summed E-state index contributed by atoms with van der Waals surface area (Å²) in [6, 6.07) is 0.646. The Morgan fingerprint density at radius 3 is 1.42 bits per heavy atom. The minimum Gasteiger partial charge on any atom is -0.744 e. The number of ether oxygens (including phenoxy) is 4. The largest absolute Gasteiger partial charge is 0.744 e.